The van der Waals surface area contributed by atoms with Gasteiger partial charge in [0.15, 0.2) is 0 Å². The van der Waals surface area contributed by atoms with E-state index >= 15 is 0 Å². The topological polar surface area (TPSA) is 74.7 Å². The van der Waals surface area contributed by atoms with Crippen LogP contribution in [0.15, 0.2) is 54.1 Å². The zero-order valence-corrected chi connectivity index (χ0v) is 14.4. The normalized spacial score (nSPS) is 10.3. The molecule has 5 heteroatoms. The maximum absolute atomic E-state index is 12.4. The van der Waals surface area contributed by atoms with Crippen LogP contribution in [-0.4, -0.2) is 34.2 Å². The molecule has 0 saturated heterocycles. The van der Waals surface area contributed by atoms with E-state index in [0.29, 0.717) is 13.1 Å². The van der Waals surface area contributed by atoms with E-state index in [1.54, 1.807) is 0 Å². The SMILES string of the molecule is CC(C)=CCN(Cc1ccc2ccccc2c1)C(=O)CC(=O)C(=O)O. The van der Waals surface area contributed by atoms with Crippen LogP contribution in [0.4, 0.5) is 0 Å². The molecule has 130 valence electrons. The molecule has 0 aromatic heterocycles. The number of rotatable bonds is 7. The number of Topliss-reactive ketones (excluding diaryl/α,β-unsaturated/α-hetero) is 1. The summed E-state index contributed by atoms with van der Waals surface area (Å²) in [5.74, 6) is -3.16. The first-order valence-electron chi connectivity index (χ1n) is 8.02. The summed E-state index contributed by atoms with van der Waals surface area (Å²) in [6, 6.07) is 13.8. The number of ketones is 1. The molecule has 0 unspecified atom stereocenters. The van der Waals surface area contributed by atoms with Gasteiger partial charge in [0.2, 0.25) is 11.7 Å². The predicted molar refractivity (Wildman–Crippen MR) is 96.1 cm³/mol. The van der Waals surface area contributed by atoms with Crippen LogP contribution in [0.5, 0.6) is 0 Å². The van der Waals surface area contributed by atoms with Crippen molar-refractivity contribution in [3.63, 3.8) is 0 Å². The summed E-state index contributed by atoms with van der Waals surface area (Å²) in [7, 11) is 0. The molecule has 2 aromatic rings. The number of hydrogen-bond acceptors (Lipinski definition) is 3. The summed E-state index contributed by atoms with van der Waals surface area (Å²) < 4.78 is 0. The van der Waals surface area contributed by atoms with Gasteiger partial charge in [-0.1, -0.05) is 48.0 Å². The van der Waals surface area contributed by atoms with E-state index in [-0.39, 0.29) is 0 Å². The van der Waals surface area contributed by atoms with E-state index in [1.807, 2.05) is 62.4 Å². The van der Waals surface area contributed by atoms with Crippen LogP contribution in [0.2, 0.25) is 0 Å². The average molecular weight is 339 g/mol. The van der Waals surface area contributed by atoms with Crippen molar-refractivity contribution in [2.24, 2.45) is 0 Å². The predicted octanol–water partition coefficient (Wildman–Crippen LogP) is 3.18. The third kappa shape index (κ3) is 5.28. The van der Waals surface area contributed by atoms with Gasteiger partial charge in [0.1, 0.15) is 0 Å². The summed E-state index contributed by atoms with van der Waals surface area (Å²) in [6.45, 7) is 4.49. The molecule has 0 radical (unpaired) electrons. The smallest absolute Gasteiger partial charge is 0.372 e. The highest BCUT2D eigenvalue weighted by molar-refractivity contribution is 6.36. The molecule has 0 saturated carbocycles. The molecule has 2 aromatic carbocycles. The van der Waals surface area contributed by atoms with E-state index in [9.17, 15) is 14.4 Å². The summed E-state index contributed by atoms with van der Waals surface area (Å²) in [5, 5.41) is 10.9. The number of carbonyl (C=O) groups excluding carboxylic acids is 2. The van der Waals surface area contributed by atoms with Crippen LogP contribution in [-0.2, 0) is 20.9 Å². The van der Waals surface area contributed by atoms with Gasteiger partial charge in [0.05, 0.1) is 6.42 Å². The quantitative estimate of drug-likeness (QED) is 0.478. The monoisotopic (exact) mass is 339 g/mol. The molecular formula is C20H21NO4. The average Bonchev–Trinajstić information content (AvgIpc) is 2.57. The fourth-order valence-electron chi connectivity index (χ4n) is 2.43. The Morgan fingerprint density at radius 1 is 1.04 bits per heavy atom. The summed E-state index contributed by atoms with van der Waals surface area (Å²) in [5.41, 5.74) is 1.97. The van der Waals surface area contributed by atoms with Crippen molar-refractivity contribution < 1.29 is 19.5 Å². The number of allylic oxidation sites excluding steroid dienone is 1. The molecule has 2 rings (SSSR count). The van der Waals surface area contributed by atoms with Gasteiger partial charge in [-0.3, -0.25) is 9.59 Å². The molecule has 0 fully saturated rings. The van der Waals surface area contributed by atoms with Crippen LogP contribution in [0, 0.1) is 0 Å². The number of aliphatic carboxylic acids is 1. The lowest BCUT2D eigenvalue weighted by Crippen LogP contribution is -2.33. The Balaban J connectivity index is 2.21. The molecular weight excluding hydrogens is 318 g/mol. The van der Waals surface area contributed by atoms with Gasteiger partial charge in [0.25, 0.3) is 0 Å². The second-order valence-electron chi connectivity index (χ2n) is 6.14. The Labute approximate surface area is 146 Å². The second kappa shape index (κ2) is 8.24. The summed E-state index contributed by atoms with van der Waals surface area (Å²) in [6.07, 6.45) is 1.25. The van der Waals surface area contributed by atoms with Gasteiger partial charge in [-0.15, -0.1) is 0 Å². The standard InChI is InChI=1S/C20H21NO4/c1-14(2)9-10-21(19(23)12-18(22)20(24)25)13-15-7-8-16-5-3-4-6-17(16)11-15/h3-9,11H,10,12-13H2,1-2H3,(H,24,25). The third-order valence-corrected chi connectivity index (χ3v) is 3.81. The number of hydrogen-bond donors (Lipinski definition) is 1. The largest absolute Gasteiger partial charge is 0.475 e. The first-order chi connectivity index (χ1) is 11.9. The Morgan fingerprint density at radius 3 is 2.36 bits per heavy atom. The Kier molecular flexibility index (Phi) is 6.06. The van der Waals surface area contributed by atoms with E-state index in [0.717, 1.165) is 21.9 Å². The molecule has 0 atom stereocenters. The van der Waals surface area contributed by atoms with Gasteiger partial charge in [-0.25, -0.2) is 4.79 Å². The van der Waals surface area contributed by atoms with E-state index < -0.39 is 24.1 Å². The molecule has 0 aliphatic carbocycles. The molecule has 0 heterocycles. The maximum Gasteiger partial charge on any atom is 0.372 e. The molecule has 0 bridgehead atoms. The minimum absolute atomic E-state index is 0.320. The highest BCUT2D eigenvalue weighted by Crippen LogP contribution is 2.17. The molecule has 0 spiro atoms. The van der Waals surface area contributed by atoms with Crippen LogP contribution in [0.1, 0.15) is 25.8 Å². The molecule has 0 aliphatic rings. The summed E-state index contributed by atoms with van der Waals surface area (Å²) >= 11 is 0. The van der Waals surface area contributed by atoms with E-state index in [1.165, 1.54) is 4.90 Å². The lowest BCUT2D eigenvalue weighted by molar-refractivity contribution is -0.151. The van der Waals surface area contributed by atoms with Crippen molar-refractivity contribution in [1.82, 2.24) is 4.90 Å². The third-order valence-electron chi connectivity index (χ3n) is 3.81. The maximum atomic E-state index is 12.4. The second-order valence-corrected chi connectivity index (χ2v) is 6.14. The highest BCUT2D eigenvalue weighted by Gasteiger charge is 2.21. The van der Waals surface area contributed by atoms with Crippen molar-refractivity contribution in [3.05, 3.63) is 59.7 Å². The highest BCUT2D eigenvalue weighted by atomic mass is 16.4. The van der Waals surface area contributed by atoms with Gasteiger partial charge >= 0.3 is 5.97 Å². The van der Waals surface area contributed by atoms with Crippen molar-refractivity contribution in [3.8, 4) is 0 Å². The first-order valence-corrected chi connectivity index (χ1v) is 8.02. The first kappa shape index (κ1) is 18.4. The number of nitrogens with zero attached hydrogens (tertiary/aromatic N) is 1. The van der Waals surface area contributed by atoms with Crippen molar-refractivity contribution >= 4 is 28.4 Å². The number of fused-ring (bicyclic) bond motifs is 1. The number of carboxylic acids is 1. The van der Waals surface area contributed by atoms with Crippen LogP contribution >= 0.6 is 0 Å². The Bertz CT molecular complexity index is 834. The van der Waals surface area contributed by atoms with Crippen molar-refractivity contribution in [2.45, 2.75) is 26.8 Å². The number of amides is 1. The molecule has 25 heavy (non-hydrogen) atoms. The lowest BCUT2D eigenvalue weighted by atomic mass is 10.1. The van der Waals surface area contributed by atoms with Gasteiger partial charge in [0, 0.05) is 13.1 Å². The van der Waals surface area contributed by atoms with E-state index in [2.05, 4.69) is 0 Å². The van der Waals surface area contributed by atoms with Gasteiger partial charge in [-0.05, 0) is 36.2 Å². The van der Waals surface area contributed by atoms with Crippen LogP contribution < -0.4 is 0 Å². The van der Waals surface area contributed by atoms with Crippen LogP contribution in [0.25, 0.3) is 10.8 Å². The van der Waals surface area contributed by atoms with Crippen molar-refractivity contribution in [2.75, 3.05) is 6.54 Å². The van der Waals surface area contributed by atoms with Crippen LogP contribution in [0.3, 0.4) is 0 Å². The number of carbonyl (C=O) groups is 3. The van der Waals surface area contributed by atoms with Gasteiger partial charge < -0.3 is 10.0 Å². The lowest BCUT2D eigenvalue weighted by Gasteiger charge is -2.21. The van der Waals surface area contributed by atoms with E-state index in [4.69, 9.17) is 5.11 Å². The number of carboxylic acid groups (broad SMARTS) is 1. The summed E-state index contributed by atoms with van der Waals surface area (Å²) in [4.78, 5) is 35.9. The van der Waals surface area contributed by atoms with Crippen molar-refractivity contribution in [1.29, 1.82) is 0 Å². The molecule has 5 nitrogen and oxygen atoms in total. The molecule has 1 N–H and O–H groups in total. The molecule has 0 aliphatic heterocycles. The Hall–Kier alpha value is -2.95. The number of benzene rings is 2. The molecule has 1 amide bonds. The minimum atomic E-state index is -1.58. The zero-order valence-electron chi connectivity index (χ0n) is 14.4. The minimum Gasteiger partial charge on any atom is -0.475 e. The fourth-order valence-corrected chi connectivity index (χ4v) is 2.43. The van der Waals surface area contributed by atoms with Gasteiger partial charge in [-0.2, -0.15) is 0 Å². The zero-order chi connectivity index (χ0) is 18.4. The fraction of sp³-hybridized carbons (Fsp3) is 0.250. The Morgan fingerprint density at radius 2 is 1.72 bits per heavy atom.